The highest BCUT2D eigenvalue weighted by Gasteiger charge is 2.36. The van der Waals surface area contributed by atoms with Crippen molar-refractivity contribution in [2.45, 2.75) is 51.5 Å². The predicted octanol–water partition coefficient (Wildman–Crippen LogP) is 6.38. The molecule has 3 aliphatic heterocycles. The number of hydrogen-bond donors (Lipinski definition) is 0. The van der Waals surface area contributed by atoms with E-state index in [1.165, 1.54) is 48.1 Å². The molecule has 31 heavy (non-hydrogen) atoms. The van der Waals surface area contributed by atoms with Gasteiger partial charge < -0.3 is 9.47 Å². The van der Waals surface area contributed by atoms with E-state index in [9.17, 15) is 0 Å². The second-order valence-electron chi connectivity index (χ2n) is 9.46. The van der Waals surface area contributed by atoms with Gasteiger partial charge >= 0.3 is 0 Å². The number of rotatable bonds is 5. The number of piperidine rings is 1. The van der Waals surface area contributed by atoms with Crippen molar-refractivity contribution in [3.63, 3.8) is 0 Å². The van der Waals surface area contributed by atoms with E-state index < -0.39 is 0 Å². The van der Waals surface area contributed by atoms with Crippen LogP contribution in [-0.4, -0.2) is 35.7 Å². The maximum absolute atomic E-state index is 6.03. The van der Waals surface area contributed by atoms with Gasteiger partial charge in [0.05, 0.1) is 12.5 Å². The molecule has 3 aliphatic rings. The molecular formula is C27H31NO2S. The van der Waals surface area contributed by atoms with Crippen molar-refractivity contribution >= 4 is 17.3 Å². The molecule has 0 aliphatic carbocycles. The summed E-state index contributed by atoms with van der Waals surface area (Å²) in [6, 6.07) is 15.6. The molecule has 1 saturated heterocycles. The van der Waals surface area contributed by atoms with E-state index in [2.05, 4.69) is 67.3 Å². The normalized spacial score (nSPS) is 23.2. The van der Waals surface area contributed by atoms with E-state index in [1.54, 1.807) is 0 Å². The van der Waals surface area contributed by atoms with Crippen LogP contribution in [0, 0.1) is 5.92 Å². The lowest BCUT2D eigenvalue weighted by Gasteiger charge is -2.39. The third-order valence-electron chi connectivity index (χ3n) is 6.72. The minimum absolute atomic E-state index is 0.114. The molecule has 2 aromatic rings. The van der Waals surface area contributed by atoms with Crippen LogP contribution in [0.2, 0.25) is 0 Å². The molecule has 0 saturated carbocycles. The molecule has 0 amide bonds. The number of fused-ring (bicyclic) bond motifs is 2. The van der Waals surface area contributed by atoms with Crippen LogP contribution in [-0.2, 0) is 0 Å². The van der Waals surface area contributed by atoms with Crippen molar-refractivity contribution in [2.75, 3.05) is 19.7 Å². The molecule has 1 fully saturated rings. The Hall–Kier alpha value is -2.17. The molecule has 0 aromatic heterocycles. The van der Waals surface area contributed by atoms with Gasteiger partial charge in [0.25, 0.3) is 0 Å². The topological polar surface area (TPSA) is 21.7 Å². The van der Waals surface area contributed by atoms with E-state index in [0.29, 0.717) is 17.0 Å². The molecule has 3 nitrogen and oxygen atoms in total. The lowest BCUT2D eigenvalue weighted by Crippen LogP contribution is -2.42. The Kier molecular flexibility index (Phi) is 5.85. The van der Waals surface area contributed by atoms with Gasteiger partial charge in [0, 0.05) is 18.2 Å². The summed E-state index contributed by atoms with van der Waals surface area (Å²) < 4.78 is 11.9. The lowest BCUT2D eigenvalue weighted by molar-refractivity contribution is 0.153. The van der Waals surface area contributed by atoms with Gasteiger partial charge in [-0.2, -0.15) is 0 Å². The van der Waals surface area contributed by atoms with E-state index in [1.807, 2.05) is 0 Å². The second kappa shape index (κ2) is 8.76. The van der Waals surface area contributed by atoms with Crippen LogP contribution in [0.15, 0.2) is 54.1 Å². The van der Waals surface area contributed by atoms with E-state index in [-0.39, 0.29) is 5.92 Å². The number of hydrogen-bond acceptors (Lipinski definition) is 4. The van der Waals surface area contributed by atoms with Gasteiger partial charge in [-0.3, -0.25) is 4.90 Å². The van der Waals surface area contributed by atoms with Crippen LogP contribution in [0.1, 0.15) is 51.0 Å². The zero-order chi connectivity index (χ0) is 21.4. The molecule has 0 spiro atoms. The Balaban J connectivity index is 1.39. The molecule has 162 valence electrons. The van der Waals surface area contributed by atoms with Gasteiger partial charge in [-0.15, -0.1) is 0 Å². The summed E-state index contributed by atoms with van der Waals surface area (Å²) in [5, 5.41) is 0.708. The van der Waals surface area contributed by atoms with Crippen molar-refractivity contribution in [2.24, 2.45) is 5.92 Å². The average Bonchev–Trinajstić information content (AvgIpc) is 3.12. The van der Waals surface area contributed by atoms with Gasteiger partial charge in [-0.05, 0) is 79.3 Å². The molecule has 4 heteroatoms. The number of benzene rings is 2. The Labute approximate surface area is 191 Å². The highest BCUT2D eigenvalue weighted by atomic mass is 32.1. The van der Waals surface area contributed by atoms with E-state index in [4.69, 9.17) is 21.7 Å². The molecule has 5 rings (SSSR count). The molecule has 0 radical (unpaired) electrons. The quantitative estimate of drug-likeness (QED) is 0.403. The van der Waals surface area contributed by atoms with Gasteiger partial charge in [0.2, 0.25) is 0 Å². The molecule has 0 N–H and O–H groups in total. The second-order valence-corrected chi connectivity index (χ2v) is 9.87. The first-order valence-electron chi connectivity index (χ1n) is 11.6. The van der Waals surface area contributed by atoms with Crippen LogP contribution in [0.25, 0.3) is 11.1 Å². The third kappa shape index (κ3) is 4.28. The maximum atomic E-state index is 6.03. The highest BCUT2D eigenvalue weighted by molar-refractivity contribution is 7.80. The Morgan fingerprint density at radius 3 is 2.71 bits per heavy atom. The summed E-state index contributed by atoms with van der Waals surface area (Å²) in [4.78, 5) is 2.63. The first-order valence-corrected chi connectivity index (χ1v) is 12.0. The molecular weight excluding hydrogens is 402 g/mol. The van der Waals surface area contributed by atoms with Gasteiger partial charge in [-0.25, -0.2) is 0 Å². The zero-order valence-electron chi connectivity index (χ0n) is 18.5. The van der Waals surface area contributed by atoms with Crippen LogP contribution in [0.4, 0.5) is 0 Å². The third-order valence-corrected chi connectivity index (χ3v) is 7.04. The lowest BCUT2D eigenvalue weighted by atomic mass is 9.83. The van der Waals surface area contributed by atoms with Crippen LogP contribution in [0.5, 0.6) is 11.5 Å². The van der Waals surface area contributed by atoms with Gasteiger partial charge in [-0.1, -0.05) is 50.1 Å². The molecule has 2 aromatic carbocycles. The van der Waals surface area contributed by atoms with Crippen molar-refractivity contribution in [1.29, 1.82) is 0 Å². The summed E-state index contributed by atoms with van der Waals surface area (Å²) in [6.07, 6.45) is 7.50. The van der Waals surface area contributed by atoms with Crippen molar-refractivity contribution in [3.05, 3.63) is 59.7 Å². The summed E-state index contributed by atoms with van der Waals surface area (Å²) in [6.45, 7) is 7.34. The fraction of sp³-hybridized carbons (Fsp3) is 0.444. The van der Waals surface area contributed by atoms with Crippen molar-refractivity contribution in [3.8, 4) is 22.6 Å². The largest absolute Gasteiger partial charge is 0.493 e. The minimum Gasteiger partial charge on any atom is -0.493 e. The predicted molar refractivity (Wildman–Crippen MR) is 130 cm³/mol. The van der Waals surface area contributed by atoms with Crippen molar-refractivity contribution < 1.29 is 9.47 Å². The molecule has 0 bridgehead atoms. The maximum Gasteiger partial charge on any atom is 0.179 e. The van der Waals surface area contributed by atoms with Crippen molar-refractivity contribution in [1.82, 2.24) is 4.90 Å². The average molecular weight is 434 g/mol. The highest BCUT2D eigenvalue weighted by Crippen LogP contribution is 2.45. The Morgan fingerprint density at radius 2 is 1.90 bits per heavy atom. The summed E-state index contributed by atoms with van der Waals surface area (Å²) in [7, 11) is 0. The fourth-order valence-corrected chi connectivity index (χ4v) is 5.42. The smallest absolute Gasteiger partial charge is 0.179 e. The summed E-state index contributed by atoms with van der Waals surface area (Å²) >= 11 is 5.71. The number of nitrogens with zero attached hydrogens (tertiary/aromatic N) is 1. The van der Waals surface area contributed by atoms with Gasteiger partial charge in [0.1, 0.15) is 11.5 Å². The van der Waals surface area contributed by atoms with Crippen LogP contribution >= 0.6 is 12.2 Å². The van der Waals surface area contributed by atoms with Crippen LogP contribution in [0.3, 0.4) is 0 Å². The first-order chi connectivity index (χ1) is 15.1. The van der Waals surface area contributed by atoms with E-state index in [0.717, 1.165) is 31.1 Å². The Bertz CT molecular complexity index is 995. The first kappa shape index (κ1) is 20.7. The minimum atomic E-state index is 0.114. The van der Waals surface area contributed by atoms with Crippen LogP contribution < -0.4 is 9.47 Å². The number of thiocarbonyl (C=S) groups is 1. The zero-order valence-corrected chi connectivity index (χ0v) is 19.3. The Morgan fingerprint density at radius 1 is 1.10 bits per heavy atom. The number of ether oxygens (including phenoxy) is 2. The monoisotopic (exact) mass is 433 g/mol. The molecule has 2 atom stereocenters. The molecule has 3 heterocycles. The summed E-state index contributed by atoms with van der Waals surface area (Å²) in [5.74, 6) is 2.47. The fourth-order valence-electron chi connectivity index (χ4n) is 5.06. The molecule has 2 unspecified atom stereocenters. The van der Waals surface area contributed by atoms with E-state index >= 15 is 0 Å². The standard InChI is InChI=1S/C27H31NO2S/c1-18(2)17-29-23-9-6-19(7-10-23)20-8-11-25-24(16-20)26(27(31)30-25)21-12-14-28-13-4-3-5-22(28)15-21/h6-12,16,18,22,26H,3-5,13-15,17H2,1-2H3. The van der Waals surface area contributed by atoms with Gasteiger partial charge in [0.15, 0.2) is 5.05 Å². The SMILES string of the molecule is CC(C)COc1ccc(-c2ccc3c(c2)C(C2=CCN4CCCCC4C2)C(=S)O3)cc1. The summed E-state index contributed by atoms with van der Waals surface area (Å²) in [5.41, 5.74) is 5.05.